The maximum absolute atomic E-state index is 12.1. The van der Waals surface area contributed by atoms with Gasteiger partial charge < -0.3 is 10.6 Å². The number of nitrogens with one attached hydrogen (secondary N) is 2. The molecule has 19 heavy (non-hydrogen) atoms. The van der Waals surface area contributed by atoms with Gasteiger partial charge >= 0.3 is 0 Å². The highest BCUT2D eigenvalue weighted by atomic mass is 32.2. The first-order chi connectivity index (χ1) is 9.27. The molecule has 1 heterocycles. The van der Waals surface area contributed by atoms with E-state index < -0.39 is 0 Å². The summed E-state index contributed by atoms with van der Waals surface area (Å²) in [6, 6.07) is 0. The van der Waals surface area contributed by atoms with Crippen LogP contribution in [0.25, 0.3) is 0 Å². The third kappa shape index (κ3) is 4.56. The number of thioether (sulfide) groups is 1. The third-order valence-corrected chi connectivity index (χ3v) is 4.68. The van der Waals surface area contributed by atoms with Gasteiger partial charge in [-0.25, -0.2) is 0 Å². The summed E-state index contributed by atoms with van der Waals surface area (Å²) in [6.07, 6.45) is 9.99. The molecule has 0 radical (unpaired) electrons. The Hall–Kier alpha value is -0.970. The SMILES string of the molecule is O=C1NCS/C1=C\CNC(=O)C1CCCCCCC1. The van der Waals surface area contributed by atoms with Gasteiger partial charge in [0.25, 0.3) is 5.91 Å². The average Bonchev–Trinajstić information content (AvgIpc) is 2.74. The quantitative estimate of drug-likeness (QED) is 0.780. The lowest BCUT2D eigenvalue weighted by atomic mass is 9.90. The zero-order valence-electron chi connectivity index (χ0n) is 11.2. The van der Waals surface area contributed by atoms with Gasteiger partial charge in [0.05, 0.1) is 10.8 Å². The Morgan fingerprint density at radius 2 is 1.95 bits per heavy atom. The lowest BCUT2D eigenvalue weighted by Gasteiger charge is -2.18. The van der Waals surface area contributed by atoms with Crippen molar-refractivity contribution in [2.75, 3.05) is 12.4 Å². The summed E-state index contributed by atoms with van der Waals surface area (Å²) in [7, 11) is 0. The molecular formula is C14H22N2O2S. The minimum Gasteiger partial charge on any atom is -0.352 e. The Kier molecular flexibility index (Phi) is 5.76. The van der Waals surface area contributed by atoms with E-state index in [9.17, 15) is 9.59 Å². The largest absolute Gasteiger partial charge is 0.352 e. The van der Waals surface area contributed by atoms with E-state index >= 15 is 0 Å². The first kappa shape index (κ1) is 14.4. The van der Waals surface area contributed by atoms with Gasteiger partial charge in [0.15, 0.2) is 0 Å². The molecule has 1 saturated heterocycles. The van der Waals surface area contributed by atoms with Crippen LogP contribution < -0.4 is 10.6 Å². The van der Waals surface area contributed by atoms with Crippen LogP contribution in [0.2, 0.25) is 0 Å². The van der Waals surface area contributed by atoms with Crippen LogP contribution in [0, 0.1) is 5.92 Å². The molecule has 0 spiro atoms. The van der Waals surface area contributed by atoms with Crippen molar-refractivity contribution in [3.63, 3.8) is 0 Å². The molecule has 5 heteroatoms. The lowest BCUT2D eigenvalue weighted by Crippen LogP contribution is -2.31. The Bertz CT molecular complexity index is 360. The van der Waals surface area contributed by atoms with Crippen LogP contribution in [0.5, 0.6) is 0 Å². The molecular weight excluding hydrogens is 260 g/mol. The Morgan fingerprint density at radius 1 is 1.26 bits per heavy atom. The molecule has 2 aliphatic rings. The van der Waals surface area contributed by atoms with E-state index in [1.165, 1.54) is 31.0 Å². The highest BCUT2D eigenvalue weighted by Gasteiger charge is 2.19. The third-order valence-electron chi connectivity index (χ3n) is 3.72. The minimum absolute atomic E-state index is 0.0230. The van der Waals surface area contributed by atoms with Crippen LogP contribution in [0.1, 0.15) is 44.9 Å². The molecule has 2 rings (SSSR count). The summed E-state index contributed by atoms with van der Waals surface area (Å²) in [6.45, 7) is 0.463. The van der Waals surface area contributed by atoms with Crippen molar-refractivity contribution in [1.29, 1.82) is 0 Å². The second-order valence-electron chi connectivity index (χ2n) is 5.15. The van der Waals surface area contributed by atoms with Gasteiger partial charge in [-0.1, -0.05) is 43.9 Å². The smallest absolute Gasteiger partial charge is 0.258 e. The van der Waals surface area contributed by atoms with Crippen molar-refractivity contribution in [2.45, 2.75) is 44.9 Å². The summed E-state index contributed by atoms with van der Waals surface area (Å²) >= 11 is 1.49. The van der Waals surface area contributed by atoms with E-state index in [-0.39, 0.29) is 17.7 Å². The van der Waals surface area contributed by atoms with E-state index in [0.717, 1.165) is 30.6 Å². The van der Waals surface area contributed by atoms with Gasteiger partial charge in [-0.15, -0.1) is 0 Å². The van der Waals surface area contributed by atoms with Crippen molar-refractivity contribution < 1.29 is 9.59 Å². The Labute approximate surface area is 118 Å². The van der Waals surface area contributed by atoms with Crippen LogP contribution in [0.15, 0.2) is 11.0 Å². The fourth-order valence-electron chi connectivity index (χ4n) is 2.59. The van der Waals surface area contributed by atoms with Crippen LogP contribution in [0.4, 0.5) is 0 Å². The fraction of sp³-hybridized carbons (Fsp3) is 0.714. The molecule has 0 atom stereocenters. The molecule has 0 aromatic rings. The maximum atomic E-state index is 12.1. The topological polar surface area (TPSA) is 58.2 Å². The zero-order chi connectivity index (χ0) is 13.5. The second kappa shape index (κ2) is 7.58. The van der Waals surface area contributed by atoms with Crippen LogP contribution in [-0.2, 0) is 9.59 Å². The molecule has 1 saturated carbocycles. The van der Waals surface area contributed by atoms with Gasteiger partial charge in [0.1, 0.15) is 0 Å². The Morgan fingerprint density at radius 3 is 2.58 bits per heavy atom. The van der Waals surface area contributed by atoms with E-state index in [4.69, 9.17) is 0 Å². The predicted molar refractivity (Wildman–Crippen MR) is 77.5 cm³/mol. The van der Waals surface area contributed by atoms with Crippen molar-refractivity contribution in [3.8, 4) is 0 Å². The summed E-state index contributed by atoms with van der Waals surface area (Å²) in [5, 5.41) is 5.67. The van der Waals surface area contributed by atoms with E-state index in [1.807, 2.05) is 6.08 Å². The number of hydrogen-bond donors (Lipinski definition) is 2. The Balaban J connectivity index is 1.75. The summed E-state index contributed by atoms with van der Waals surface area (Å²) in [4.78, 5) is 24.1. The molecule has 0 aromatic carbocycles. The van der Waals surface area contributed by atoms with Gasteiger partial charge in [-0.05, 0) is 18.9 Å². The highest BCUT2D eigenvalue weighted by molar-refractivity contribution is 8.04. The number of hydrogen-bond acceptors (Lipinski definition) is 3. The van der Waals surface area contributed by atoms with Crippen molar-refractivity contribution >= 4 is 23.6 Å². The van der Waals surface area contributed by atoms with E-state index in [2.05, 4.69) is 10.6 Å². The molecule has 2 amide bonds. The normalized spacial score (nSPS) is 23.8. The molecule has 2 N–H and O–H groups in total. The molecule has 0 aromatic heterocycles. The van der Waals surface area contributed by atoms with Gasteiger partial charge in [0, 0.05) is 12.5 Å². The van der Waals surface area contributed by atoms with Crippen LogP contribution in [0.3, 0.4) is 0 Å². The first-order valence-electron chi connectivity index (χ1n) is 7.16. The molecule has 2 fully saturated rings. The molecule has 0 bridgehead atoms. The lowest BCUT2D eigenvalue weighted by molar-refractivity contribution is -0.125. The average molecular weight is 282 g/mol. The van der Waals surface area contributed by atoms with E-state index in [1.54, 1.807) is 0 Å². The summed E-state index contributed by atoms with van der Waals surface area (Å²) in [5.74, 6) is 0.942. The number of amides is 2. The van der Waals surface area contributed by atoms with Crippen LogP contribution >= 0.6 is 11.8 Å². The number of carbonyl (C=O) groups is 2. The molecule has 1 aliphatic heterocycles. The van der Waals surface area contributed by atoms with Crippen molar-refractivity contribution in [1.82, 2.24) is 10.6 Å². The van der Waals surface area contributed by atoms with Crippen LogP contribution in [-0.4, -0.2) is 24.2 Å². The predicted octanol–water partition coefficient (Wildman–Crippen LogP) is 2.17. The highest BCUT2D eigenvalue weighted by Crippen LogP contribution is 2.22. The second-order valence-corrected chi connectivity index (χ2v) is 6.17. The summed E-state index contributed by atoms with van der Waals surface area (Å²) in [5.41, 5.74) is 0. The summed E-state index contributed by atoms with van der Waals surface area (Å²) < 4.78 is 0. The van der Waals surface area contributed by atoms with Crippen molar-refractivity contribution in [2.24, 2.45) is 5.92 Å². The maximum Gasteiger partial charge on any atom is 0.258 e. The van der Waals surface area contributed by atoms with Crippen molar-refractivity contribution in [3.05, 3.63) is 11.0 Å². The monoisotopic (exact) mass is 282 g/mol. The zero-order valence-corrected chi connectivity index (χ0v) is 12.1. The first-order valence-corrected chi connectivity index (χ1v) is 8.15. The molecule has 1 aliphatic carbocycles. The molecule has 106 valence electrons. The minimum atomic E-state index is -0.0230. The van der Waals surface area contributed by atoms with E-state index in [0.29, 0.717) is 12.4 Å². The number of rotatable bonds is 3. The number of carbonyl (C=O) groups excluding carboxylic acids is 2. The van der Waals surface area contributed by atoms with Gasteiger partial charge in [0.2, 0.25) is 5.91 Å². The standard InChI is InChI=1S/C14H22N2O2S/c17-13(11-6-4-2-1-3-5-7-11)15-9-8-12-14(18)16-10-19-12/h8,11H,1-7,9-10H2,(H,15,17)(H,16,18)/b12-8-. The molecule has 4 nitrogen and oxygen atoms in total. The fourth-order valence-corrected chi connectivity index (χ4v) is 3.35. The van der Waals surface area contributed by atoms with Gasteiger partial charge in [-0.2, -0.15) is 0 Å². The molecule has 0 unspecified atom stereocenters. The van der Waals surface area contributed by atoms with Gasteiger partial charge in [-0.3, -0.25) is 9.59 Å².